The average Bonchev–Trinajstić information content (AvgIpc) is 2.69. The lowest BCUT2D eigenvalue weighted by molar-refractivity contribution is -0.384. The van der Waals surface area contributed by atoms with E-state index in [1.807, 2.05) is 0 Å². The molecule has 156 valence electrons. The Bertz CT molecular complexity index is 940. The first kappa shape index (κ1) is 22.5. The summed E-state index contributed by atoms with van der Waals surface area (Å²) in [7, 11) is 0. The van der Waals surface area contributed by atoms with Crippen LogP contribution in [-0.2, 0) is 0 Å². The number of nitro benzene ring substituents is 1. The van der Waals surface area contributed by atoms with Gasteiger partial charge in [-0.05, 0) is 51.3 Å². The number of hydrogen-bond donors (Lipinski definition) is 2. The van der Waals surface area contributed by atoms with Gasteiger partial charge in [0.2, 0.25) is 5.43 Å². The Morgan fingerprint density at radius 1 is 1.41 bits per heavy atom. The summed E-state index contributed by atoms with van der Waals surface area (Å²) < 4.78 is 1.26. The first-order valence-corrected chi connectivity index (χ1v) is 9.31. The van der Waals surface area contributed by atoms with Crippen molar-refractivity contribution in [2.24, 2.45) is 5.92 Å². The zero-order valence-corrected chi connectivity index (χ0v) is 16.9. The molecule has 0 aliphatic carbocycles. The number of carbonyl (C=O) groups excluding carboxylic acids is 1. The lowest BCUT2D eigenvalue weighted by Crippen LogP contribution is -2.35. The van der Waals surface area contributed by atoms with Crippen molar-refractivity contribution in [1.29, 1.82) is 0 Å². The highest BCUT2D eigenvalue weighted by molar-refractivity contribution is 5.92. The molecule has 1 fully saturated rings. The molecule has 9 nitrogen and oxygen atoms in total. The van der Waals surface area contributed by atoms with Crippen LogP contribution in [0.2, 0.25) is 0 Å². The molecule has 10 heteroatoms. The van der Waals surface area contributed by atoms with Gasteiger partial charge < -0.3 is 10.6 Å². The number of nitrogens with zero attached hydrogens (tertiary/aromatic N) is 3. The van der Waals surface area contributed by atoms with Gasteiger partial charge in [0, 0.05) is 24.4 Å². The van der Waals surface area contributed by atoms with E-state index < -0.39 is 16.3 Å². The van der Waals surface area contributed by atoms with Crippen LogP contribution >= 0.6 is 12.4 Å². The molecule has 0 bridgehead atoms. The van der Waals surface area contributed by atoms with Crippen molar-refractivity contribution < 1.29 is 9.72 Å². The maximum Gasteiger partial charge on any atom is 0.294 e. The fraction of sp³-hybridized carbons (Fsp3) is 0.421. The minimum absolute atomic E-state index is 0. The van der Waals surface area contributed by atoms with Gasteiger partial charge in [-0.25, -0.2) is 4.68 Å². The van der Waals surface area contributed by atoms with Crippen LogP contribution in [-0.4, -0.2) is 40.2 Å². The molecule has 2 aromatic rings. The Morgan fingerprint density at radius 3 is 2.86 bits per heavy atom. The van der Waals surface area contributed by atoms with Crippen molar-refractivity contribution in [2.45, 2.75) is 26.2 Å². The molecular formula is C19H24ClN5O4. The van der Waals surface area contributed by atoms with Crippen LogP contribution in [0.15, 0.2) is 35.1 Å². The number of halogens is 1. The number of amides is 1. The van der Waals surface area contributed by atoms with E-state index in [2.05, 4.69) is 15.7 Å². The van der Waals surface area contributed by atoms with Gasteiger partial charge in [0.15, 0.2) is 5.69 Å². The summed E-state index contributed by atoms with van der Waals surface area (Å²) in [5.41, 5.74) is -0.330. The monoisotopic (exact) mass is 421 g/mol. The largest absolute Gasteiger partial charge is 0.351 e. The fourth-order valence-electron chi connectivity index (χ4n) is 3.39. The molecular weight excluding hydrogens is 398 g/mol. The quantitative estimate of drug-likeness (QED) is 0.543. The van der Waals surface area contributed by atoms with Gasteiger partial charge in [0.1, 0.15) is 5.69 Å². The third-order valence-electron chi connectivity index (χ3n) is 4.87. The first-order chi connectivity index (χ1) is 13.5. The van der Waals surface area contributed by atoms with E-state index in [4.69, 9.17) is 0 Å². The summed E-state index contributed by atoms with van der Waals surface area (Å²) >= 11 is 0. The third-order valence-corrected chi connectivity index (χ3v) is 4.87. The second-order valence-corrected chi connectivity index (χ2v) is 6.91. The zero-order valence-electron chi connectivity index (χ0n) is 16.1. The smallest absolute Gasteiger partial charge is 0.294 e. The highest BCUT2D eigenvalue weighted by atomic mass is 35.5. The lowest BCUT2D eigenvalue weighted by atomic mass is 9.96. The van der Waals surface area contributed by atoms with Gasteiger partial charge in [-0.2, -0.15) is 5.10 Å². The summed E-state index contributed by atoms with van der Waals surface area (Å²) in [5, 5.41) is 21.5. The van der Waals surface area contributed by atoms with Gasteiger partial charge in [0.05, 0.1) is 4.92 Å². The Morgan fingerprint density at radius 2 is 2.17 bits per heavy atom. The molecule has 3 rings (SSSR count). The van der Waals surface area contributed by atoms with E-state index in [-0.39, 0.29) is 29.5 Å². The molecule has 2 N–H and O–H groups in total. The number of nitrogens with one attached hydrogen (secondary N) is 2. The van der Waals surface area contributed by atoms with Crippen LogP contribution in [0.5, 0.6) is 0 Å². The molecule has 1 atom stereocenters. The number of hydrogen-bond acceptors (Lipinski definition) is 6. The number of aromatic nitrogens is 2. The van der Waals surface area contributed by atoms with Crippen LogP contribution in [0.1, 0.15) is 35.4 Å². The van der Waals surface area contributed by atoms with Crippen molar-refractivity contribution in [1.82, 2.24) is 20.4 Å². The van der Waals surface area contributed by atoms with E-state index >= 15 is 0 Å². The normalized spacial score (nSPS) is 16.0. The molecule has 1 aliphatic heterocycles. The summed E-state index contributed by atoms with van der Waals surface area (Å²) in [6, 6.07) is 7.34. The molecule has 1 unspecified atom stereocenters. The number of nitro groups is 1. The van der Waals surface area contributed by atoms with E-state index in [0.717, 1.165) is 32.4 Å². The lowest BCUT2D eigenvalue weighted by Gasteiger charge is -2.22. The molecule has 1 aliphatic rings. The van der Waals surface area contributed by atoms with Crippen LogP contribution < -0.4 is 16.1 Å². The van der Waals surface area contributed by atoms with Gasteiger partial charge >= 0.3 is 0 Å². The average molecular weight is 422 g/mol. The second-order valence-electron chi connectivity index (χ2n) is 6.91. The highest BCUT2D eigenvalue weighted by Crippen LogP contribution is 2.22. The van der Waals surface area contributed by atoms with Crippen LogP contribution in [0.4, 0.5) is 5.69 Å². The molecule has 1 amide bonds. The van der Waals surface area contributed by atoms with Gasteiger partial charge in [-0.3, -0.25) is 19.7 Å². The Hall–Kier alpha value is -2.78. The maximum absolute atomic E-state index is 12.5. The molecule has 1 aromatic carbocycles. The van der Waals surface area contributed by atoms with E-state index in [1.165, 1.54) is 22.9 Å². The molecule has 1 aromatic heterocycles. The van der Waals surface area contributed by atoms with Gasteiger partial charge in [-0.1, -0.05) is 12.1 Å². The van der Waals surface area contributed by atoms with Crippen LogP contribution in [0.3, 0.4) is 0 Å². The van der Waals surface area contributed by atoms with E-state index in [9.17, 15) is 19.7 Å². The van der Waals surface area contributed by atoms with Crippen LogP contribution in [0, 0.1) is 23.0 Å². The number of benzene rings is 1. The fourth-order valence-corrected chi connectivity index (χ4v) is 3.39. The Labute approximate surface area is 174 Å². The minimum atomic E-state index is -0.568. The summed E-state index contributed by atoms with van der Waals surface area (Å²) in [4.78, 5) is 35.5. The van der Waals surface area contributed by atoms with Crippen molar-refractivity contribution >= 4 is 24.0 Å². The zero-order chi connectivity index (χ0) is 20.1. The predicted octanol–water partition coefficient (Wildman–Crippen LogP) is 1.99. The number of rotatable bonds is 6. The Balaban J connectivity index is 0.00000300. The first-order valence-electron chi connectivity index (χ1n) is 9.31. The van der Waals surface area contributed by atoms with Crippen molar-refractivity contribution in [3.8, 4) is 5.69 Å². The van der Waals surface area contributed by atoms with Gasteiger partial charge in [-0.15, -0.1) is 12.4 Å². The second kappa shape index (κ2) is 10.1. The SMILES string of the molecule is Cc1cc(=O)c(C(=O)NCCC2CCCNC2)nn1-c1ccccc1[N+](=O)[O-].Cl. The van der Waals surface area contributed by atoms with Crippen molar-refractivity contribution in [2.75, 3.05) is 19.6 Å². The van der Waals surface area contributed by atoms with Gasteiger partial charge in [0.25, 0.3) is 11.6 Å². The molecule has 0 spiro atoms. The third kappa shape index (κ3) is 5.39. The molecule has 0 saturated carbocycles. The van der Waals surface area contributed by atoms with E-state index in [0.29, 0.717) is 18.2 Å². The topological polar surface area (TPSA) is 119 Å². The predicted molar refractivity (Wildman–Crippen MR) is 111 cm³/mol. The van der Waals surface area contributed by atoms with Crippen LogP contribution in [0.25, 0.3) is 5.69 Å². The number of carbonyl (C=O) groups is 1. The summed E-state index contributed by atoms with van der Waals surface area (Å²) in [5.74, 6) is -0.0650. The highest BCUT2D eigenvalue weighted by Gasteiger charge is 2.20. The summed E-state index contributed by atoms with van der Waals surface area (Å²) in [6.07, 6.45) is 3.07. The molecule has 2 heterocycles. The van der Waals surface area contributed by atoms with E-state index in [1.54, 1.807) is 19.1 Å². The molecule has 29 heavy (non-hydrogen) atoms. The standard InChI is InChI=1S/C19H23N5O4.ClH/c1-13-11-17(25)18(19(26)21-10-8-14-5-4-9-20-12-14)22-23(13)15-6-2-3-7-16(15)24(27)28;/h2-3,6-7,11,14,20H,4-5,8-10,12H2,1H3,(H,21,26);1H. The van der Waals surface area contributed by atoms with Crippen molar-refractivity contribution in [3.63, 3.8) is 0 Å². The summed E-state index contributed by atoms with van der Waals surface area (Å²) in [6.45, 7) is 4.03. The number of piperidine rings is 1. The number of aryl methyl sites for hydroxylation is 1. The Kier molecular flexibility index (Phi) is 7.86. The maximum atomic E-state index is 12.5. The minimum Gasteiger partial charge on any atom is -0.351 e. The molecule has 1 saturated heterocycles. The van der Waals surface area contributed by atoms with Crippen molar-refractivity contribution in [3.05, 3.63) is 62.1 Å². The number of para-hydroxylation sites is 2. The molecule has 0 radical (unpaired) electrons.